The molecule has 1 aliphatic heterocycles. The van der Waals surface area contributed by atoms with Crippen molar-refractivity contribution in [2.24, 2.45) is 0 Å². The summed E-state index contributed by atoms with van der Waals surface area (Å²) in [6.07, 6.45) is 2.37. The number of amides is 2. The molecule has 13 heteroatoms. The Kier molecular flexibility index (Phi) is 7.76. The SMILES string of the molecule is O=C(/C=C/c1ccc(Cl)c([N+](=O)[O-])c1)NNC(=O)c1cccc(S(=O)(=O)N2CCOCC2)c1. The molecule has 0 atom stereocenters. The molecule has 0 bridgehead atoms. The van der Waals surface area contributed by atoms with Gasteiger partial charge >= 0.3 is 0 Å². The van der Waals surface area contributed by atoms with E-state index in [4.69, 9.17) is 16.3 Å². The molecule has 2 N–H and O–H groups in total. The standard InChI is InChI=1S/C20H19ClN4O7S/c21-17-6-4-14(12-18(17)25(28)29)5-7-19(26)22-23-20(27)15-2-1-3-16(13-15)33(30,31)24-8-10-32-11-9-24/h1-7,12-13H,8-11H2,(H,22,26)(H,23,27)/b7-5+. The summed E-state index contributed by atoms with van der Waals surface area (Å²) in [7, 11) is -3.78. The molecular weight excluding hydrogens is 476 g/mol. The third-order valence-corrected chi connectivity index (χ3v) is 6.81. The zero-order valence-corrected chi connectivity index (χ0v) is 18.6. The third kappa shape index (κ3) is 6.14. The number of morpholine rings is 1. The van der Waals surface area contributed by atoms with Crippen molar-refractivity contribution in [1.82, 2.24) is 15.2 Å². The van der Waals surface area contributed by atoms with Crippen LogP contribution in [-0.4, -0.2) is 55.8 Å². The Balaban J connectivity index is 1.62. The Hall–Kier alpha value is -3.32. The van der Waals surface area contributed by atoms with Crippen LogP contribution >= 0.6 is 11.6 Å². The monoisotopic (exact) mass is 494 g/mol. The summed E-state index contributed by atoms with van der Waals surface area (Å²) in [6, 6.07) is 9.45. The van der Waals surface area contributed by atoms with Crippen molar-refractivity contribution < 1.29 is 27.7 Å². The van der Waals surface area contributed by atoms with Crippen LogP contribution in [0.3, 0.4) is 0 Å². The first kappa shape index (κ1) is 24.3. The second-order valence-corrected chi connectivity index (χ2v) is 9.13. The average Bonchev–Trinajstić information content (AvgIpc) is 2.82. The summed E-state index contributed by atoms with van der Waals surface area (Å²) < 4.78 is 31.9. The minimum Gasteiger partial charge on any atom is -0.379 e. The lowest BCUT2D eigenvalue weighted by Gasteiger charge is -2.26. The number of carbonyl (C=O) groups is 2. The van der Waals surface area contributed by atoms with Gasteiger partial charge in [-0.05, 0) is 35.9 Å². The number of nitro benzene ring substituents is 1. The molecule has 0 saturated carbocycles. The number of nitrogens with zero attached hydrogens (tertiary/aromatic N) is 2. The van der Waals surface area contributed by atoms with E-state index in [0.29, 0.717) is 18.8 Å². The van der Waals surface area contributed by atoms with Crippen molar-refractivity contribution in [3.63, 3.8) is 0 Å². The van der Waals surface area contributed by atoms with Crippen LogP contribution in [0.5, 0.6) is 0 Å². The lowest BCUT2D eigenvalue weighted by Crippen LogP contribution is -2.41. The Morgan fingerprint density at radius 3 is 2.55 bits per heavy atom. The van der Waals surface area contributed by atoms with Crippen molar-refractivity contribution >= 4 is 45.2 Å². The zero-order valence-electron chi connectivity index (χ0n) is 17.1. The number of rotatable bonds is 6. The summed E-state index contributed by atoms with van der Waals surface area (Å²) in [5.41, 5.74) is 4.42. The van der Waals surface area contributed by atoms with Crippen LogP contribution in [-0.2, 0) is 19.6 Å². The molecule has 1 aliphatic rings. The molecule has 1 saturated heterocycles. The first-order valence-corrected chi connectivity index (χ1v) is 11.4. The van der Waals surface area contributed by atoms with Crippen molar-refractivity contribution in [1.29, 1.82) is 0 Å². The molecule has 2 aromatic rings. The van der Waals surface area contributed by atoms with Crippen LogP contribution in [0.25, 0.3) is 6.08 Å². The van der Waals surface area contributed by atoms with E-state index in [1.807, 2.05) is 0 Å². The van der Waals surface area contributed by atoms with Gasteiger partial charge in [0.2, 0.25) is 10.0 Å². The predicted molar refractivity (Wildman–Crippen MR) is 119 cm³/mol. The number of hydrazine groups is 1. The molecular formula is C20H19ClN4O7S. The smallest absolute Gasteiger partial charge is 0.288 e. The second kappa shape index (κ2) is 10.5. The number of nitro groups is 1. The van der Waals surface area contributed by atoms with Gasteiger partial charge in [0, 0.05) is 30.8 Å². The van der Waals surface area contributed by atoms with Crippen molar-refractivity contribution in [2.45, 2.75) is 4.90 Å². The van der Waals surface area contributed by atoms with Gasteiger partial charge in [-0.15, -0.1) is 0 Å². The number of hydrogen-bond acceptors (Lipinski definition) is 7. The molecule has 11 nitrogen and oxygen atoms in total. The minimum atomic E-state index is -3.78. The van der Waals surface area contributed by atoms with Crippen molar-refractivity contribution in [2.75, 3.05) is 26.3 Å². The Morgan fingerprint density at radius 2 is 1.85 bits per heavy atom. The zero-order chi connectivity index (χ0) is 24.0. The maximum atomic E-state index is 12.7. The molecule has 2 amide bonds. The number of hydrogen-bond donors (Lipinski definition) is 2. The highest BCUT2D eigenvalue weighted by Gasteiger charge is 2.26. The molecule has 0 aromatic heterocycles. The maximum absolute atomic E-state index is 12.7. The lowest BCUT2D eigenvalue weighted by atomic mass is 10.2. The average molecular weight is 495 g/mol. The van der Waals surface area contributed by atoms with E-state index in [-0.39, 0.29) is 34.3 Å². The van der Waals surface area contributed by atoms with Gasteiger partial charge in [0.05, 0.1) is 23.0 Å². The van der Waals surface area contributed by atoms with Crippen LogP contribution < -0.4 is 10.9 Å². The summed E-state index contributed by atoms with van der Waals surface area (Å²) >= 11 is 5.74. The summed E-state index contributed by atoms with van der Waals surface area (Å²) in [6.45, 7) is 1.03. The molecule has 0 spiro atoms. The highest BCUT2D eigenvalue weighted by Crippen LogP contribution is 2.25. The fraction of sp³-hybridized carbons (Fsp3) is 0.200. The van der Waals surface area contributed by atoms with Crippen molar-refractivity contribution in [3.05, 3.63) is 74.8 Å². The fourth-order valence-corrected chi connectivity index (χ4v) is 4.55. The van der Waals surface area contributed by atoms with Crippen LogP contribution in [0.1, 0.15) is 15.9 Å². The molecule has 2 aromatic carbocycles. The van der Waals surface area contributed by atoms with Gasteiger partial charge in [-0.25, -0.2) is 8.42 Å². The lowest BCUT2D eigenvalue weighted by molar-refractivity contribution is -0.384. The van der Waals surface area contributed by atoms with Crippen LogP contribution in [0, 0.1) is 10.1 Å². The molecule has 3 rings (SSSR count). The number of nitrogens with one attached hydrogen (secondary N) is 2. The Morgan fingerprint density at radius 1 is 1.12 bits per heavy atom. The Labute approximate surface area is 194 Å². The van der Waals surface area contributed by atoms with Gasteiger partial charge < -0.3 is 4.74 Å². The van der Waals surface area contributed by atoms with Crippen LogP contribution in [0.15, 0.2) is 53.4 Å². The van der Waals surface area contributed by atoms with E-state index in [9.17, 15) is 28.1 Å². The van der Waals surface area contributed by atoms with Gasteiger partial charge in [-0.2, -0.15) is 4.31 Å². The van der Waals surface area contributed by atoms with Crippen LogP contribution in [0.4, 0.5) is 5.69 Å². The van der Waals surface area contributed by atoms with Gasteiger partial charge in [0.25, 0.3) is 17.5 Å². The van der Waals surface area contributed by atoms with E-state index < -0.39 is 26.8 Å². The van der Waals surface area contributed by atoms with Crippen molar-refractivity contribution in [3.8, 4) is 0 Å². The number of benzene rings is 2. The molecule has 33 heavy (non-hydrogen) atoms. The summed E-state index contributed by atoms with van der Waals surface area (Å²) in [5.74, 6) is -1.43. The molecule has 0 unspecified atom stereocenters. The van der Waals surface area contributed by atoms with Gasteiger partial charge in [0.15, 0.2) is 0 Å². The number of halogens is 1. The Bertz CT molecular complexity index is 1210. The van der Waals surface area contributed by atoms with Gasteiger partial charge in [-0.1, -0.05) is 23.7 Å². The quantitative estimate of drug-likeness (QED) is 0.353. The topological polar surface area (TPSA) is 148 Å². The number of carbonyl (C=O) groups excluding carboxylic acids is 2. The highest BCUT2D eigenvalue weighted by atomic mass is 35.5. The predicted octanol–water partition coefficient (Wildman–Crippen LogP) is 1.74. The largest absolute Gasteiger partial charge is 0.379 e. The minimum absolute atomic E-state index is 0.0296. The maximum Gasteiger partial charge on any atom is 0.288 e. The first-order valence-electron chi connectivity index (χ1n) is 9.59. The van der Waals surface area contributed by atoms with E-state index >= 15 is 0 Å². The van der Waals surface area contributed by atoms with Gasteiger partial charge in [-0.3, -0.25) is 30.6 Å². The third-order valence-electron chi connectivity index (χ3n) is 4.60. The highest BCUT2D eigenvalue weighted by molar-refractivity contribution is 7.89. The molecule has 174 valence electrons. The molecule has 0 aliphatic carbocycles. The molecule has 1 heterocycles. The summed E-state index contributed by atoms with van der Waals surface area (Å²) in [4.78, 5) is 34.6. The second-order valence-electron chi connectivity index (χ2n) is 6.79. The first-order chi connectivity index (χ1) is 15.7. The number of sulfonamides is 1. The fourth-order valence-electron chi connectivity index (χ4n) is 2.91. The summed E-state index contributed by atoms with van der Waals surface area (Å²) in [5, 5.41) is 10.9. The molecule has 0 radical (unpaired) electrons. The number of ether oxygens (including phenoxy) is 1. The van der Waals surface area contributed by atoms with E-state index in [1.54, 1.807) is 0 Å². The van der Waals surface area contributed by atoms with E-state index in [1.165, 1.54) is 52.8 Å². The van der Waals surface area contributed by atoms with E-state index in [2.05, 4.69) is 10.9 Å². The molecule has 1 fully saturated rings. The van der Waals surface area contributed by atoms with Crippen LogP contribution in [0.2, 0.25) is 5.02 Å². The normalized spacial score (nSPS) is 14.7. The van der Waals surface area contributed by atoms with E-state index in [0.717, 1.165) is 6.08 Å². The van der Waals surface area contributed by atoms with Gasteiger partial charge in [0.1, 0.15) is 5.02 Å².